The van der Waals surface area contributed by atoms with E-state index in [1.807, 2.05) is 0 Å². The molecule has 6 heteroatoms. The van der Waals surface area contributed by atoms with Crippen molar-refractivity contribution in [2.24, 2.45) is 5.41 Å². The number of anilines is 1. The number of nitrogens with one attached hydrogen (secondary N) is 2. The van der Waals surface area contributed by atoms with Gasteiger partial charge in [-0.2, -0.15) is 0 Å². The van der Waals surface area contributed by atoms with Crippen LogP contribution in [0.1, 0.15) is 19.3 Å². The van der Waals surface area contributed by atoms with Gasteiger partial charge >= 0.3 is 0 Å². The number of methoxy groups -OCH3 is 1. The number of ether oxygens (including phenoxy) is 1. The van der Waals surface area contributed by atoms with Gasteiger partial charge in [0.15, 0.2) is 11.5 Å². The van der Waals surface area contributed by atoms with Gasteiger partial charge in [-0.25, -0.2) is 15.0 Å². The molecule has 6 nitrogen and oxygen atoms in total. The molecule has 0 aromatic carbocycles. The number of rotatable bonds is 6. The van der Waals surface area contributed by atoms with Gasteiger partial charge < -0.3 is 15.0 Å². The Morgan fingerprint density at radius 1 is 1.39 bits per heavy atom. The van der Waals surface area contributed by atoms with Crippen LogP contribution in [0, 0.1) is 5.41 Å². The van der Waals surface area contributed by atoms with Crippen molar-refractivity contribution in [2.75, 3.05) is 25.6 Å². The van der Waals surface area contributed by atoms with E-state index < -0.39 is 0 Å². The molecule has 96 valence electrons. The Hall–Kier alpha value is -1.69. The largest absolute Gasteiger partial charge is 0.385 e. The van der Waals surface area contributed by atoms with Gasteiger partial charge in [0.05, 0.1) is 6.33 Å². The van der Waals surface area contributed by atoms with E-state index in [0.717, 1.165) is 30.9 Å². The molecule has 0 amide bonds. The molecule has 1 fully saturated rings. The van der Waals surface area contributed by atoms with E-state index in [9.17, 15) is 0 Å². The number of hydrogen-bond donors (Lipinski definition) is 2. The summed E-state index contributed by atoms with van der Waals surface area (Å²) in [6.45, 7) is 1.76. The molecule has 0 saturated heterocycles. The Balaban J connectivity index is 1.68. The molecule has 0 unspecified atom stereocenters. The Kier molecular flexibility index (Phi) is 2.87. The average molecular weight is 247 g/mol. The summed E-state index contributed by atoms with van der Waals surface area (Å²) in [5, 5.41) is 3.41. The summed E-state index contributed by atoms with van der Waals surface area (Å²) in [6, 6.07) is 0. The molecule has 2 heterocycles. The number of fused-ring (bicyclic) bond motifs is 1. The summed E-state index contributed by atoms with van der Waals surface area (Å²) in [7, 11) is 1.75. The zero-order chi connectivity index (χ0) is 12.4. The fourth-order valence-corrected chi connectivity index (χ4v) is 2.18. The first-order chi connectivity index (χ1) is 8.83. The van der Waals surface area contributed by atoms with E-state index in [1.54, 1.807) is 19.8 Å². The molecule has 0 atom stereocenters. The van der Waals surface area contributed by atoms with Crippen LogP contribution < -0.4 is 5.32 Å². The molecule has 18 heavy (non-hydrogen) atoms. The van der Waals surface area contributed by atoms with Crippen LogP contribution >= 0.6 is 0 Å². The van der Waals surface area contributed by atoms with E-state index in [4.69, 9.17) is 4.74 Å². The maximum atomic E-state index is 5.16. The average Bonchev–Trinajstić information content (AvgIpc) is 3.00. The van der Waals surface area contributed by atoms with Crippen molar-refractivity contribution in [3.63, 3.8) is 0 Å². The van der Waals surface area contributed by atoms with Gasteiger partial charge in [-0.3, -0.25) is 0 Å². The number of aromatic amines is 1. The molecule has 1 saturated carbocycles. The molecule has 1 aliphatic carbocycles. The van der Waals surface area contributed by atoms with E-state index in [0.29, 0.717) is 11.1 Å². The van der Waals surface area contributed by atoms with Crippen LogP contribution in [0.5, 0.6) is 0 Å². The SMILES string of the molecule is COCCC1(CNc2ncnc3nc[nH]c23)CC1. The van der Waals surface area contributed by atoms with Crippen molar-refractivity contribution >= 4 is 17.0 Å². The van der Waals surface area contributed by atoms with Crippen molar-refractivity contribution in [1.82, 2.24) is 19.9 Å². The van der Waals surface area contributed by atoms with Crippen molar-refractivity contribution in [2.45, 2.75) is 19.3 Å². The predicted octanol–water partition coefficient (Wildman–Crippen LogP) is 1.58. The highest BCUT2D eigenvalue weighted by molar-refractivity contribution is 5.81. The highest BCUT2D eigenvalue weighted by atomic mass is 16.5. The first-order valence-corrected chi connectivity index (χ1v) is 6.20. The minimum atomic E-state index is 0.396. The molecule has 2 aromatic heterocycles. The van der Waals surface area contributed by atoms with Crippen LogP contribution in [0.3, 0.4) is 0 Å². The molecule has 0 aliphatic heterocycles. The molecule has 3 rings (SSSR count). The second-order valence-electron chi connectivity index (χ2n) is 4.92. The lowest BCUT2D eigenvalue weighted by molar-refractivity contribution is 0.175. The van der Waals surface area contributed by atoms with E-state index in [2.05, 4.69) is 25.3 Å². The Morgan fingerprint density at radius 2 is 2.28 bits per heavy atom. The normalized spacial score (nSPS) is 16.9. The maximum Gasteiger partial charge on any atom is 0.182 e. The van der Waals surface area contributed by atoms with Crippen LogP contribution in [-0.4, -0.2) is 40.2 Å². The van der Waals surface area contributed by atoms with Gasteiger partial charge in [-0.05, 0) is 24.7 Å². The van der Waals surface area contributed by atoms with E-state index in [-0.39, 0.29) is 0 Å². The van der Waals surface area contributed by atoms with Crippen LogP contribution in [0.25, 0.3) is 11.2 Å². The van der Waals surface area contributed by atoms with E-state index in [1.165, 1.54) is 12.8 Å². The third-order valence-corrected chi connectivity index (χ3v) is 3.65. The fourth-order valence-electron chi connectivity index (χ4n) is 2.18. The van der Waals surface area contributed by atoms with Crippen LogP contribution in [-0.2, 0) is 4.74 Å². The maximum absolute atomic E-state index is 5.16. The van der Waals surface area contributed by atoms with Gasteiger partial charge in [0.2, 0.25) is 0 Å². The third-order valence-electron chi connectivity index (χ3n) is 3.65. The number of aromatic nitrogens is 4. The van der Waals surface area contributed by atoms with Gasteiger partial charge in [-0.15, -0.1) is 0 Å². The van der Waals surface area contributed by atoms with Crippen molar-refractivity contribution < 1.29 is 4.74 Å². The molecule has 0 bridgehead atoms. The minimum absolute atomic E-state index is 0.396. The monoisotopic (exact) mass is 247 g/mol. The van der Waals surface area contributed by atoms with Crippen LogP contribution in [0.15, 0.2) is 12.7 Å². The van der Waals surface area contributed by atoms with Gasteiger partial charge in [0.25, 0.3) is 0 Å². The highest BCUT2D eigenvalue weighted by Gasteiger charge is 2.41. The summed E-state index contributed by atoms with van der Waals surface area (Å²) in [4.78, 5) is 15.6. The Labute approximate surface area is 105 Å². The lowest BCUT2D eigenvalue weighted by Gasteiger charge is -2.15. The zero-order valence-electron chi connectivity index (χ0n) is 10.4. The van der Waals surface area contributed by atoms with Gasteiger partial charge in [-0.1, -0.05) is 0 Å². The number of nitrogens with zero attached hydrogens (tertiary/aromatic N) is 3. The number of hydrogen-bond acceptors (Lipinski definition) is 5. The zero-order valence-corrected chi connectivity index (χ0v) is 10.4. The topological polar surface area (TPSA) is 75.7 Å². The summed E-state index contributed by atoms with van der Waals surface area (Å²) >= 11 is 0. The summed E-state index contributed by atoms with van der Waals surface area (Å²) in [6.07, 6.45) is 6.82. The summed E-state index contributed by atoms with van der Waals surface area (Å²) in [5.74, 6) is 0.834. The molecule has 1 aliphatic rings. The quantitative estimate of drug-likeness (QED) is 0.810. The lowest BCUT2D eigenvalue weighted by Crippen LogP contribution is -2.18. The van der Waals surface area contributed by atoms with Crippen LogP contribution in [0.4, 0.5) is 5.82 Å². The first-order valence-electron chi connectivity index (χ1n) is 6.20. The molecular weight excluding hydrogens is 230 g/mol. The molecular formula is C12H17N5O. The second kappa shape index (κ2) is 4.53. The lowest BCUT2D eigenvalue weighted by atomic mass is 10.0. The number of H-pyrrole nitrogens is 1. The third kappa shape index (κ3) is 2.15. The van der Waals surface area contributed by atoms with Crippen molar-refractivity contribution in [1.29, 1.82) is 0 Å². The van der Waals surface area contributed by atoms with Crippen molar-refractivity contribution in [3.05, 3.63) is 12.7 Å². The molecule has 2 N–H and O–H groups in total. The van der Waals surface area contributed by atoms with Gasteiger partial charge in [0.1, 0.15) is 11.8 Å². The molecule has 2 aromatic rings. The standard InChI is InChI=1S/C12H17N5O/c1-18-5-4-12(2-3-12)6-13-10-9-11(15-7-14-9)17-8-16-10/h7-8H,2-6H2,1H3,(H2,13,14,15,16,17). The minimum Gasteiger partial charge on any atom is -0.385 e. The highest BCUT2D eigenvalue weighted by Crippen LogP contribution is 2.48. The second-order valence-corrected chi connectivity index (χ2v) is 4.92. The van der Waals surface area contributed by atoms with E-state index >= 15 is 0 Å². The molecule has 0 radical (unpaired) electrons. The summed E-state index contributed by atoms with van der Waals surface area (Å²) < 4.78 is 5.16. The predicted molar refractivity (Wildman–Crippen MR) is 68.3 cm³/mol. The summed E-state index contributed by atoms with van der Waals surface area (Å²) in [5.41, 5.74) is 1.97. The molecule has 0 spiro atoms. The smallest absolute Gasteiger partial charge is 0.182 e. The van der Waals surface area contributed by atoms with Crippen molar-refractivity contribution in [3.8, 4) is 0 Å². The fraction of sp³-hybridized carbons (Fsp3) is 0.583. The first kappa shape index (κ1) is 11.4. The Morgan fingerprint density at radius 3 is 3.06 bits per heavy atom. The van der Waals surface area contributed by atoms with Gasteiger partial charge in [0, 0.05) is 20.3 Å². The van der Waals surface area contributed by atoms with Crippen LogP contribution in [0.2, 0.25) is 0 Å². The Bertz CT molecular complexity index is 534. The number of imidazole rings is 1.